The number of carboxylic acids is 1. The number of aliphatic carboxylic acids is 1. The third-order valence-corrected chi connectivity index (χ3v) is 4.59. The van der Waals surface area contributed by atoms with E-state index < -0.39 is 11.9 Å². The number of amides is 1. The minimum Gasteiger partial charge on any atom is -0.481 e. The van der Waals surface area contributed by atoms with Crippen molar-refractivity contribution in [2.75, 3.05) is 11.9 Å². The van der Waals surface area contributed by atoms with Crippen LogP contribution in [-0.4, -0.2) is 23.5 Å². The van der Waals surface area contributed by atoms with Crippen molar-refractivity contribution < 1.29 is 14.7 Å². The van der Waals surface area contributed by atoms with Gasteiger partial charge in [-0.3, -0.25) is 9.59 Å². The Morgan fingerprint density at radius 1 is 1.53 bits per heavy atom. The summed E-state index contributed by atoms with van der Waals surface area (Å²) < 4.78 is 0. The number of hydrogen-bond acceptors (Lipinski definition) is 4. The van der Waals surface area contributed by atoms with Crippen LogP contribution in [0.4, 0.5) is 5.00 Å². The van der Waals surface area contributed by atoms with Gasteiger partial charge in [-0.25, -0.2) is 0 Å². The average Bonchev–Trinajstić information content (AvgIpc) is 2.65. The highest BCUT2D eigenvalue weighted by atomic mass is 32.1. The average molecular weight is 282 g/mol. The van der Waals surface area contributed by atoms with E-state index in [1.54, 1.807) is 11.3 Å². The first kappa shape index (κ1) is 13.9. The second-order valence-corrected chi connectivity index (χ2v) is 6.10. The summed E-state index contributed by atoms with van der Waals surface area (Å²) in [5.74, 6) is -0.660. The highest BCUT2D eigenvalue weighted by Gasteiger charge is 2.26. The third kappa shape index (κ3) is 3.07. The molecule has 0 radical (unpaired) electrons. The van der Waals surface area contributed by atoms with Crippen LogP contribution in [0.1, 0.15) is 40.6 Å². The first-order valence-corrected chi connectivity index (χ1v) is 7.20. The maximum absolute atomic E-state index is 11.6. The highest BCUT2D eigenvalue weighted by molar-refractivity contribution is 7.16. The lowest BCUT2D eigenvalue weighted by Crippen LogP contribution is -2.18. The molecule has 1 amide bonds. The molecule has 1 aliphatic rings. The smallest absolute Gasteiger partial charge is 0.305 e. The summed E-state index contributed by atoms with van der Waals surface area (Å²) in [6.45, 7) is 2.51. The van der Waals surface area contributed by atoms with E-state index in [2.05, 4.69) is 12.2 Å². The Morgan fingerprint density at radius 2 is 2.26 bits per heavy atom. The van der Waals surface area contributed by atoms with Gasteiger partial charge in [0.1, 0.15) is 5.00 Å². The molecule has 0 saturated carbocycles. The molecule has 1 heterocycles. The molecule has 1 atom stereocenters. The molecular weight excluding hydrogens is 264 g/mol. The molecule has 6 heteroatoms. The van der Waals surface area contributed by atoms with E-state index in [1.165, 1.54) is 4.88 Å². The number of rotatable bonds is 5. The molecule has 0 spiro atoms. The maximum Gasteiger partial charge on any atom is 0.305 e. The lowest BCUT2D eigenvalue weighted by atomic mass is 9.88. The van der Waals surface area contributed by atoms with Gasteiger partial charge in [0.25, 0.3) is 5.91 Å². The zero-order chi connectivity index (χ0) is 14.0. The Hall–Kier alpha value is -1.56. The van der Waals surface area contributed by atoms with E-state index in [1.807, 2.05) is 0 Å². The van der Waals surface area contributed by atoms with Crippen LogP contribution in [0.5, 0.6) is 0 Å². The van der Waals surface area contributed by atoms with Gasteiger partial charge in [0, 0.05) is 11.4 Å². The quantitative estimate of drug-likeness (QED) is 0.768. The summed E-state index contributed by atoms with van der Waals surface area (Å²) in [5, 5.41) is 12.4. The Morgan fingerprint density at radius 3 is 2.89 bits per heavy atom. The van der Waals surface area contributed by atoms with E-state index in [0.717, 1.165) is 29.8 Å². The summed E-state index contributed by atoms with van der Waals surface area (Å²) in [6.07, 6.45) is 2.95. The molecule has 2 rings (SSSR count). The zero-order valence-electron chi connectivity index (χ0n) is 10.9. The van der Waals surface area contributed by atoms with Crippen LogP contribution in [0, 0.1) is 5.92 Å². The summed E-state index contributed by atoms with van der Waals surface area (Å²) >= 11 is 1.54. The molecule has 0 aliphatic heterocycles. The van der Waals surface area contributed by atoms with Gasteiger partial charge in [-0.05, 0) is 30.7 Å². The van der Waals surface area contributed by atoms with Crippen LogP contribution in [0.3, 0.4) is 0 Å². The third-order valence-electron chi connectivity index (χ3n) is 3.38. The van der Waals surface area contributed by atoms with Crippen LogP contribution in [-0.2, 0) is 17.6 Å². The maximum atomic E-state index is 11.6. The number of nitrogens with two attached hydrogens (primary N) is 1. The predicted molar refractivity (Wildman–Crippen MR) is 74.8 cm³/mol. The molecule has 1 unspecified atom stereocenters. The highest BCUT2D eigenvalue weighted by Crippen LogP contribution is 2.39. The summed E-state index contributed by atoms with van der Waals surface area (Å²) in [7, 11) is 0. The molecular formula is C13H18N2O3S. The molecule has 4 N–H and O–H groups in total. The second-order valence-electron chi connectivity index (χ2n) is 4.99. The number of primary amides is 1. The lowest BCUT2D eigenvalue weighted by molar-refractivity contribution is -0.136. The molecule has 0 bridgehead atoms. The van der Waals surface area contributed by atoms with Gasteiger partial charge in [0.05, 0.1) is 12.0 Å². The Labute approximate surface area is 115 Å². The first-order valence-electron chi connectivity index (χ1n) is 6.39. The minimum absolute atomic E-state index is 0.0250. The molecule has 0 saturated heterocycles. The van der Waals surface area contributed by atoms with E-state index in [0.29, 0.717) is 18.0 Å². The molecule has 0 aromatic carbocycles. The number of fused-ring (bicyclic) bond motifs is 1. The number of hydrogen-bond donors (Lipinski definition) is 3. The van der Waals surface area contributed by atoms with Gasteiger partial charge in [0.2, 0.25) is 0 Å². The first-order chi connectivity index (χ1) is 8.99. The van der Waals surface area contributed by atoms with Crippen LogP contribution >= 0.6 is 11.3 Å². The van der Waals surface area contributed by atoms with Crippen LogP contribution < -0.4 is 11.1 Å². The fourth-order valence-corrected chi connectivity index (χ4v) is 3.86. The van der Waals surface area contributed by atoms with Crippen molar-refractivity contribution in [3.05, 3.63) is 16.0 Å². The predicted octanol–water partition coefficient (Wildman–Crippen LogP) is 1.86. The summed E-state index contributed by atoms with van der Waals surface area (Å²) in [5.41, 5.74) is 7.09. The van der Waals surface area contributed by atoms with Crippen molar-refractivity contribution in [2.45, 2.75) is 32.6 Å². The van der Waals surface area contributed by atoms with Gasteiger partial charge < -0.3 is 16.2 Å². The standard InChI is InChI=1S/C13H18N2O3S/c1-7-2-3-8-9(6-7)19-13(11(8)12(14)18)15-5-4-10(16)17/h7,15H,2-6H2,1H3,(H2,14,18)(H,16,17). The van der Waals surface area contributed by atoms with Gasteiger partial charge in [-0.15, -0.1) is 11.3 Å². The van der Waals surface area contributed by atoms with Crippen molar-refractivity contribution in [2.24, 2.45) is 11.7 Å². The Balaban J connectivity index is 2.22. The van der Waals surface area contributed by atoms with Crippen LogP contribution in [0.15, 0.2) is 0 Å². The van der Waals surface area contributed by atoms with Gasteiger partial charge in [-0.2, -0.15) is 0 Å². The number of carboxylic acid groups (broad SMARTS) is 1. The molecule has 1 aromatic rings. The van der Waals surface area contributed by atoms with Gasteiger partial charge >= 0.3 is 5.97 Å². The SMILES string of the molecule is CC1CCc2c(sc(NCCC(=O)O)c2C(N)=O)C1. The van der Waals surface area contributed by atoms with Gasteiger partial charge in [-0.1, -0.05) is 6.92 Å². The fourth-order valence-electron chi connectivity index (χ4n) is 2.42. The molecule has 19 heavy (non-hydrogen) atoms. The largest absolute Gasteiger partial charge is 0.481 e. The Kier molecular flexibility index (Phi) is 4.09. The molecule has 5 nitrogen and oxygen atoms in total. The monoisotopic (exact) mass is 282 g/mol. The number of thiophene rings is 1. The van der Waals surface area contributed by atoms with Crippen molar-refractivity contribution in [3.8, 4) is 0 Å². The number of carbonyl (C=O) groups is 2. The normalized spacial score (nSPS) is 17.8. The van der Waals surface area contributed by atoms with Crippen molar-refractivity contribution in [1.29, 1.82) is 0 Å². The molecule has 104 valence electrons. The topological polar surface area (TPSA) is 92.4 Å². The zero-order valence-corrected chi connectivity index (χ0v) is 11.7. The van der Waals surface area contributed by atoms with Crippen molar-refractivity contribution in [1.82, 2.24) is 0 Å². The molecule has 1 aromatic heterocycles. The van der Waals surface area contributed by atoms with Crippen molar-refractivity contribution in [3.63, 3.8) is 0 Å². The summed E-state index contributed by atoms with van der Waals surface area (Å²) in [4.78, 5) is 23.3. The Bertz CT molecular complexity index is 510. The number of nitrogens with one attached hydrogen (secondary N) is 1. The minimum atomic E-state index is -0.858. The van der Waals surface area contributed by atoms with Crippen LogP contribution in [0.25, 0.3) is 0 Å². The second kappa shape index (κ2) is 5.61. The molecule has 1 aliphatic carbocycles. The van der Waals surface area contributed by atoms with E-state index in [4.69, 9.17) is 10.8 Å². The number of carbonyl (C=O) groups excluding carboxylic acids is 1. The summed E-state index contributed by atoms with van der Waals surface area (Å²) in [6, 6.07) is 0. The van der Waals surface area contributed by atoms with Gasteiger partial charge in [0.15, 0.2) is 0 Å². The lowest BCUT2D eigenvalue weighted by Gasteiger charge is -2.18. The van der Waals surface area contributed by atoms with E-state index in [9.17, 15) is 9.59 Å². The molecule has 0 fully saturated rings. The van der Waals surface area contributed by atoms with E-state index >= 15 is 0 Å². The van der Waals surface area contributed by atoms with E-state index in [-0.39, 0.29) is 6.42 Å². The number of anilines is 1. The van der Waals surface area contributed by atoms with Crippen molar-refractivity contribution >= 4 is 28.2 Å². The van der Waals surface area contributed by atoms with Crippen LogP contribution in [0.2, 0.25) is 0 Å². The fraction of sp³-hybridized carbons (Fsp3) is 0.538.